The highest BCUT2D eigenvalue weighted by atomic mass is 19.2. The van der Waals surface area contributed by atoms with Crippen LogP contribution in [0.2, 0.25) is 0 Å². The van der Waals surface area contributed by atoms with Crippen molar-refractivity contribution in [3.05, 3.63) is 94.5 Å². The number of ether oxygens (including phenoxy) is 1. The van der Waals surface area contributed by atoms with Gasteiger partial charge in [-0.15, -0.1) is 0 Å². The molecule has 1 fully saturated rings. The van der Waals surface area contributed by atoms with E-state index in [1.807, 2.05) is 42.0 Å². The van der Waals surface area contributed by atoms with Gasteiger partial charge in [-0.25, -0.2) is 18.2 Å². The quantitative estimate of drug-likeness (QED) is 0.370. The molecule has 8 heteroatoms. The molecule has 0 bridgehead atoms. The molecule has 0 N–H and O–H groups in total. The van der Waals surface area contributed by atoms with E-state index in [1.165, 1.54) is 11.0 Å². The van der Waals surface area contributed by atoms with Crippen molar-refractivity contribution < 1.29 is 22.7 Å². The van der Waals surface area contributed by atoms with Crippen LogP contribution in [-0.2, 0) is 4.79 Å². The third-order valence-electron chi connectivity index (χ3n) is 6.30. The van der Waals surface area contributed by atoms with Crippen molar-refractivity contribution in [3.8, 4) is 11.4 Å². The van der Waals surface area contributed by atoms with Crippen molar-refractivity contribution in [3.63, 3.8) is 0 Å². The highest BCUT2D eigenvalue weighted by Gasteiger charge is 2.39. The Bertz CT molecular complexity index is 1360. The number of allylic oxidation sites excluding steroid dienone is 2. The summed E-state index contributed by atoms with van der Waals surface area (Å²) in [7, 11) is 1.57. The Morgan fingerprint density at radius 3 is 2.71 bits per heavy atom. The molecule has 174 valence electrons. The van der Waals surface area contributed by atoms with Gasteiger partial charge in [-0.2, -0.15) is 0 Å². The predicted octanol–water partition coefficient (Wildman–Crippen LogP) is 5.64. The van der Waals surface area contributed by atoms with Crippen molar-refractivity contribution in [2.75, 3.05) is 7.11 Å². The van der Waals surface area contributed by atoms with E-state index in [-0.39, 0.29) is 11.5 Å². The molecule has 3 aromatic rings. The molecule has 5 nitrogen and oxygen atoms in total. The van der Waals surface area contributed by atoms with Gasteiger partial charge in [-0.1, -0.05) is 18.2 Å². The molecule has 34 heavy (non-hydrogen) atoms. The average Bonchev–Trinajstić information content (AvgIpc) is 3.46. The smallest absolute Gasteiger partial charge is 0.254 e. The van der Waals surface area contributed by atoms with E-state index >= 15 is 0 Å². The van der Waals surface area contributed by atoms with E-state index in [4.69, 9.17) is 4.74 Å². The summed E-state index contributed by atoms with van der Waals surface area (Å²) in [5, 5.41) is 0. The van der Waals surface area contributed by atoms with Crippen LogP contribution in [0.4, 0.5) is 13.2 Å². The van der Waals surface area contributed by atoms with E-state index in [2.05, 4.69) is 4.98 Å². The normalized spacial score (nSPS) is 18.9. The number of amides is 1. The van der Waals surface area contributed by atoms with Gasteiger partial charge < -0.3 is 14.2 Å². The van der Waals surface area contributed by atoms with Crippen molar-refractivity contribution >= 4 is 12.0 Å². The summed E-state index contributed by atoms with van der Waals surface area (Å²) in [6.07, 6.45) is 8.74. The second-order valence-electron chi connectivity index (χ2n) is 8.42. The van der Waals surface area contributed by atoms with Crippen LogP contribution >= 0.6 is 0 Å². The summed E-state index contributed by atoms with van der Waals surface area (Å²) in [5.74, 6) is -3.66. The van der Waals surface area contributed by atoms with E-state index in [9.17, 15) is 18.0 Å². The lowest BCUT2D eigenvalue weighted by Crippen LogP contribution is -2.33. The van der Waals surface area contributed by atoms with Gasteiger partial charge in [0.2, 0.25) is 0 Å². The number of nitrogens with zero attached hydrogens (tertiary/aromatic N) is 3. The number of rotatable bonds is 4. The minimum Gasteiger partial charge on any atom is -0.495 e. The van der Waals surface area contributed by atoms with Crippen LogP contribution in [0.5, 0.6) is 5.75 Å². The molecule has 0 unspecified atom stereocenters. The summed E-state index contributed by atoms with van der Waals surface area (Å²) in [6, 6.07) is 7.03. The molecule has 0 aliphatic carbocycles. The molecule has 1 atom stereocenters. The largest absolute Gasteiger partial charge is 0.495 e. The van der Waals surface area contributed by atoms with Crippen molar-refractivity contribution in [1.29, 1.82) is 0 Å². The second-order valence-corrected chi connectivity index (χ2v) is 8.42. The molecule has 1 saturated heterocycles. The van der Waals surface area contributed by atoms with Crippen molar-refractivity contribution in [2.45, 2.75) is 32.2 Å². The molecule has 1 amide bonds. The zero-order valence-electron chi connectivity index (χ0n) is 18.7. The number of benzene rings is 2. The lowest BCUT2D eigenvalue weighted by atomic mass is 10.00. The first-order valence-corrected chi connectivity index (χ1v) is 10.9. The minimum absolute atomic E-state index is 0.0152. The summed E-state index contributed by atoms with van der Waals surface area (Å²) < 4.78 is 49.2. The first-order chi connectivity index (χ1) is 16.4. The fraction of sp³-hybridized carbons (Fsp3) is 0.231. The molecule has 2 aliphatic rings. The van der Waals surface area contributed by atoms with E-state index in [1.54, 1.807) is 19.5 Å². The number of aromatic nitrogens is 2. The Morgan fingerprint density at radius 1 is 1.15 bits per heavy atom. The lowest BCUT2D eigenvalue weighted by molar-refractivity contribution is -0.126. The number of hydrogen-bond acceptors (Lipinski definition) is 3. The van der Waals surface area contributed by atoms with Gasteiger partial charge in [0.1, 0.15) is 5.75 Å². The van der Waals surface area contributed by atoms with Gasteiger partial charge in [-0.05, 0) is 56.0 Å². The number of halogens is 3. The topological polar surface area (TPSA) is 47.4 Å². The summed E-state index contributed by atoms with van der Waals surface area (Å²) >= 11 is 0. The van der Waals surface area contributed by atoms with Crippen LogP contribution in [0.25, 0.3) is 11.8 Å². The number of fused-ring (bicyclic) bond motifs is 1. The summed E-state index contributed by atoms with van der Waals surface area (Å²) in [6.45, 7) is 1.90. The Labute approximate surface area is 194 Å². The highest BCUT2D eigenvalue weighted by Crippen LogP contribution is 2.43. The molecule has 3 heterocycles. The number of imidazole rings is 1. The van der Waals surface area contributed by atoms with Crippen LogP contribution in [0.3, 0.4) is 0 Å². The van der Waals surface area contributed by atoms with Gasteiger partial charge >= 0.3 is 0 Å². The van der Waals surface area contributed by atoms with Gasteiger partial charge in [-0.3, -0.25) is 4.79 Å². The fourth-order valence-electron chi connectivity index (χ4n) is 4.64. The average molecular weight is 465 g/mol. The maximum Gasteiger partial charge on any atom is 0.254 e. The van der Waals surface area contributed by atoms with Crippen LogP contribution in [0.15, 0.2) is 60.2 Å². The highest BCUT2D eigenvalue weighted by molar-refractivity contribution is 6.00. The number of methoxy groups -OCH3 is 1. The summed E-state index contributed by atoms with van der Waals surface area (Å²) in [4.78, 5) is 19.1. The van der Waals surface area contributed by atoms with Gasteiger partial charge in [0.15, 0.2) is 17.5 Å². The van der Waals surface area contributed by atoms with E-state index in [0.717, 1.165) is 28.7 Å². The van der Waals surface area contributed by atoms with Gasteiger partial charge in [0.25, 0.3) is 5.91 Å². The first-order valence-electron chi connectivity index (χ1n) is 10.9. The van der Waals surface area contributed by atoms with Gasteiger partial charge in [0, 0.05) is 23.0 Å². The molecule has 2 aliphatic heterocycles. The monoisotopic (exact) mass is 465 g/mol. The SMILES string of the molecule is COc1cc(C=C2CC=C3CC[C@@H](c4ccc(F)c(F)c4F)N3C2=O)ccc1-n1cnc(C)c1. The molecular formula is C26H22F3N3O2. The van der Waals surface area contributed by atoms with E-state index in [0.29, 0.717) is 30.6 Å². The van der Waals surface area contributed by atoms with Crippen LogP contribution in [0, 0.1) is 24.4 Å². The molecule has 0 spiro atoms. The predicted molar refractivity (Wildman–Crippen MR) is 121 cm³/mol. The molecule has 5 rings (SSSR count). The minimum atomic E-state index is -1.52. The zero-order valence-corrected chi connectivity index (χ0v) is 18.7. The Kier molecular flexibility index (Phi) is 5.51. The molecule has 0 saturated carbocycles. The molecule has 2 aromatic carbocycles. The fourth-order valence-corrected chi connectivity index (χ4v) is 4.64. The van der Waals surface area contributed by atoms with E-state index < -0.39 is 23.5 Å². The molecular weight excluding hydrogens is 443 g/mol. The maximum absolute atomic E-state index is 14.5. The Balaban J connectivity index is 1.47. The third-order valence-corrected chi connectivity index (χ3v) is 6.30. The molecule has 1 aromatic heterocycles. The standard InChI is InChI=1S/C26H22F3N3O2/c1-15-13-31(14-30-15)22-9-3-16(12-23(22)34-2)11-17-4-5-18-6-10-21(32(18)26(17)33)19-7-8-20(27)25(29)24(19)28/h3,5,7-9,11-14,21H,4,6,10H2,1-2H3/t21-/m0/s1. The number of aryl methyl sites for hydroxylation is 1. The van der Waals surface area contributed by atoms with Crippen LogP contribution in [0.1, 0.15) is 42.1 Å². The zero-order chi connectivity index (χ0) is 24.0. The summed E-state index contributed by atoms with van der Waals surface area (Å²) in [5.41, 5.74) is 3.75. The second kappa shape index (κ2) is 8.52. The Hall–Kier alpha value is -3.81. The maximum atomic E-state index is 14.5. The first kappa shape index (κ1) is 22.0. The van der Waals surface area contributed by atoms with Crippen molar-refractivity contribution in [2.24, 2.45) is 0 Å². The molecule has 0 radical (unpaired) electrons. The van der Waals surface area contributed by atoms with Crippen LogP contribution < -0.4 is 4.74 Å². The number of carbonyl (C=O) groups excluding carboxylic acids is 1. The van der Waals surface area contributed by atoms with Crippen molar-refractivity contribution in [1.82, 2.24) is 14.5 Å². The van der Waals surface area contributed by atoms with Gasteiger partial charge in [0.05, 0.1) is 30.9 Å². The van der Waals surface area contributed by atoms with Crippen LogP contribution in [-0.4, -0.2) is 27.5 Å². The number of carbonyl (C=O) groups is 1. The Morgan fingerprint density at radius 2 is 1.97 bits per heavy atom. The number of hydrogen-bond donors (Lipinski definition) is 0. The third kappa shape index (κ3) is 3.69. The lowest BCUT2D eigenvalue weighted by Gasteiger charge is -2.30.